The molecule has 0 radical (unpaired) electrons. The molecular formula is C8H14F3NOS. The fourth-order valence-corrected chi connectivity index (χ4v) is 2.19. The van der Waals surface area contributed by atoms with Crippen LogP contribution in [0.1, 0.15) is 19.8 Å². The van der Waals surface area contributed by atoms with Crippen LogP contribution < -0.4 is 5.73 Å². The zero-order chi connectivity index (χ0) is 10.8. The summed E-state index contributed by atoms with van der Waals surface area (Å²) >= 11 is -0.0146. The van der Waals surface area contributed by atoms with Gasteiger partial charge in [0, 0.05) is 17.9 Å². The van der Waals surface area contributed by atoms with Gasteiger partial charge in [0.1, 0.15) is 0 Å². The summed E-state index contributed by atoms with van der Waals surface area (Å²) in [5, 5.41) is 0. The van der Waals surface area contributed by atoms with Crippen LogP contribution in [0, 0.1) is 0 Å². The predicted octanol–water partition coefficient (Wildman–Crippen LogP) is 2.14. The Bertz CT molecular complexity index is 200. The first kappa shape index (κ1) is 12.1. The number of thioether (sulfide) groups is 1. The van der Waals surface area contributed by atoms with Gasteiger partial charge in [-0.15, -0.1) is 0 Å². The van der Waals surface area contributed by atoms with Crippen molar-refractivity contribution in [3.63, 3.8) is 0 Å². The third-order valence-corrected chi connectivity index (χ3v) is 3.31. The smallest absolute Gasteiger partial charge is 0.377 e. The molecule has 1 aliphatic heterocycles. The van der Waals surface area contributed by atoms with E-state index in [1.54, 1.807) is 0 Å². The molecule has 1 rings (SSSR count). The van der Waals surface area contributed by atoms with Crippen molar-refractivity contribution in [2.24, 2.45) is 5.73 Å². The summed E-state index contributed by atoms with van der Waals surface area (Å²) in [7, 11) is 0. The van der Waals surface area contributed by atoms with E-state index in [9.17, 15) is 13.2 Å². The van der Waals surface area contributed by atoms with Crippen LogP contribution in [0.2, 0.25) is 0 Å². The number of halogens is 3. The van der Waals surface area contributed by atoms with Crippen LogP contribution in [0.25, 0.3) is 0 Å². The second-order valence-corrected chi connectivity index (χ2v) is 4.70. The molecule has 2 N–H and O–H groups in total. The molecule has 2 unspecified atom stereocenters. The molecule has 0 aliphatic carbocycles. The van der Waals surface area contributed by atoms with Gasteiger partial charge in [0.15, 0.2) is 0 Å². The maximum Gasteiger partial charge on any atom is 0.441 e. The fourth-order valence-electron chi connectivity index (χ4n) is 1.48. The molecule has 2 nitrogen and oxygen atoms in total. The van der Waals surface area contributed by atoms with Gasteiger partial charge >= 0.3 is 5.51 Å². The molecule has 14 heavy (non-hydrogen) atoms. The van der Waals surface area contributed by atoms with Crippen LogP contribution in [0.5, 0.6) is 0 Å². The summed E-state index contributed by atoms with van der Waals surface area (Å²) in [5.74, 6) is 0.00764. The third-order valence-electron chi connectivity index (χ3n) is 2.58. The summed E-state index contributed by atoms with van der Waals surface area (Å²) in [6.45, 7) is 2.36. The first-order valence-corrected chi connectivity index (χ1v) is 5.43. The average Bonchev–Trinajstić information content (AvgIpc) is 2.30. The molecular weight excluding hydrogens is 215 g/mol. The number of nitrogens with two attached hydrogens (primary N) is 1. The minimum Gasteiger partial charge on any atom is -0.377 e. The summed E-state index contributed by atoms with van der Waals surface area (Å²) in [5.41, 5.74) is 1.20. The van der Waals surface area contributed by atoms with E-state index < -0.39 is 11.0 Å². The first-order chi connectivity index (χ1) is 6.33. The molecule has 1 aliphatic rings. The SMILES string of the molecule is CC1OCCC1(N)CCSC(F)(F)F. The molecule has 0 aromatic carbocycles. The fraction of sp³-hybridized carbons (Fsp3) is 1.00. The maximum absolute atomic E-state index is 11.8. The van der Waals surface area contributed by atoms with Gasteiger partial charge in [0.05, 0.1) is 6.10 Å². The first-order valence-electron chi connectivity index (χ1n) is 4.45. The molecule has 0 bridgehead atoms. The largest absolute Gasteiger partial charge is 0.441 e. The van der Waals surface area contributed by atoms with Crippen molar-refractivity contribution in [2.45, 2.75) is 36.9 Å². The molecule has 0 saturated carbocycles. The molecule has 0 spiro atoms. The number of hydrogen-bond acceptors (Lipinski definition) is 3. The van der Waals surface area contributed by atoms with Gasteiger partial charge in [-0.25, -0.2) is 0 Å². The molecule has 1 heterocycles. The van der Waals surface area contributed by atoms with Crippen LogP contribution in [0.3, 0.4) is 0 Å². The minimum absolute atomic E-state index is 0.00764. The number of alkyl halides is 3. The molecule has 84 valence electrons. The van der Waals surface area contributed by atoms with Gasteiger partial charge in [-0.2, -0.15) is 13.2 Å². The molecule has 0 aromatic heterocycles. The Kier molecular flexibility index (Phi) is 3.71. The molecule has 0 aromatic rings. The van der Waals surface area contributed by atoms with E-state index in [0.717, 1.165) is 0 Å². The predicted molar refractivity (Wildman–Crippen MR) is 50.1 cm³/mol. The number of rotatable bonds is 3. The van der Waals surface area contributed by atoms with Gasteiger partial charge in [-0.3, -0.25) is 0 Å². The highest BCUT2D eigenvalue weighted by Gasteiger charge is 2.38. The monoisotopic (exact) mass is 229 g/mol. The highest BCUT2D eigenvalue weighted by atomic mass is 32.2. The van der Waals surface area contributed by atoms with Crippen molar-refractivity contribution in [1.82, 2.24) is 0 Å². The van der Waals surface area contributed by atoms with E-state index in [1.165, 1.54) is 0 Å². The third kappa shape index (κ3) is 3.33. The second kappa shape index (κ2) is 4.28. The van der Waals surface area contributed by atoms with Crippen LogP contribution in [-0.4, -0.2) is 29.5 Å². The molecule has 1 fully saturated rings. The number of hydrogen-bond donors (Lipinski definition) is 1. The van der Waals surface area contributed by atoms with E-state index in [1.807, 2.05) is 6.92 Å². The highest BCUT2D eigenvalue weighted by Crippen LogP contribution is 2.34. The zero-order valence-electron chi connectivity index (χ0n) is 7.93. The Morgan fingerprint density at radius 1 is 1.57 bits per heavy atom. The average molecular weight is 229 g/mol. The summed E-state index contributed by atoms with van der Waals surface area (Å²) in [6, 6.07) is 0. The standard InChI is InChI=1S/C8H14F3NOS/c1-6-7(12,2-4-13-6)3-5-14-8(9,10)11/h6H,2-5,12H2,1H3. The Balaban J connectivity index is 2.30. The molecule has 6 heteroatoms. The van der Waals surface area contributed by atoms with Gasteiger partial charge < -0.3 is 10.5 Å². The minimum atomic E-state index is -4.15. The van der Waals surface area contributed by atoms with Crippen LogP contribution in [-0.2, 0) is 4.74 Å². The van der Waals surface area contributed by atoms with Gasteiger partial charge in [0.25, 0.3) is 0 Å². The van der Waals surface area contributed by atoms with Gasteiger partial charge in [-0.05, 0) is 19.8 Å². The lowest BCUT2D eigenvalue weighted by Gasteiger charge is -2.27. The van der Waals surface area contributed by atoms with Crippen molar-refractivity contribution >= 4 is 11.8 Å². The van der Waals surface area contributed by atoms with E-state index in [2.05, 4.69) is 0 Å². The van der Waals surface area contributed by atoms with Crippen molar-refractivity contribution in [1.29, 1.82) is 0 Å². The topological polar surface area (TPSA) is 35.2 Å². The summed E-state index contributed by atoms with van der Waals surface area (Å²) in [4.78, 5) is 0. The maximum atomic E-state index is 11.8. The lowest BCUT2D eigenvalue weighted by atomic mass is 9.91. The Labute approximate surface area is 85.4 Å². The van der Waals surface area contributed by atoms with Crippen molar-refractivity contribution in [3.05, 3.63) is 0 Å². The molecule has 0 amide bonds. The summed E-state index contributed by atoms with van der Waals surface area (Å²) in [6.07, 6.45) is 0.849. The molecule has 1 saturated heterocycles. The Hall–Kier alpha value is 0.0600. The number of ether oxygens (including phenoxy) is 1. The van der Waals surface area contributed by atoms with Gasteiger partial charge in [0.2, 0.25) is 0 Å². The van der Waals surface area contributed by atoms with Crippen molar-refractivity contribution in [2.75, 3.05) is 12.4 Å². The van der Waals surface area contributed by atoms with Crippen LogP contribution in [0.4, 0.5) is 13.2 Å². The summed E-state index contributed by atoms with van der Waals surface area (Å²) < 4.78 is 40.8. The Morgan fingerprint density at radius 3 is 2.64 bits per heavy atom. The highest BCUT2D eigenvalue weighted by molar-refractivity contribution is 8.00. The lowest BCUT2D eigenvalue weighted by Crippen LogP contribution is -2.46. The van der Waals surface area contributed by atoms with E-state index in [0.29, 0.717) is 19.4 Å². The van der Waals surface area contributed by atoms with Crippen LogP contribution in [0.15, 0.2) is 0 Å². The van der Waals surface area contributed by atoms with Crippen molar-refractivity contribution < 1.29 is 17.9 Å². The molecule has 2 atom stereocenters. The van der Waals surface area contributed by atoms with E-state index in [4.69, 9.17) is 10.5 Å². The lowest BCUT2D eigenvalue weighted by molar-refractivity contribution is -0.0329. The quantitative estimate of drug-likeness (QED) is 0.805. The van der Waals surface area contributed by atoms with Crippen LogP contribution >= 0.6 is 11.8 Å². The van der Waals surface area contributed by atoms with Gasteiger partial charge in [-0.1, -0.05) is 11.8 Å². The second-order valence-electron chi connectivity index (χ2n) is 3.54. The van der Waals surface area contributed by atoms with E-state index in [-0.39, 0.29) is 23.6 Å². The Morgan fingerprint density at radius 2 is 2.21 bits per heavy atom. The van der Waals surface area contributed by atoms with E-state index >= 15 is 0 Å². The zero-order valence-corrected chi connectivity index (χ0v) is 8.75. The normalized spacial score (nSPS) is 33.6. The van der Waals surface area contributed by atoms with Crippen molar-refractivity contribution in [3.8, 4) is 0 Å².